The molecule has 0 saturated carbocycles. The Bertz CT molecular complexity index is 356. The highest BCUT2D eigenvalue weighted by atomic mass is 19.4. The highest BCUT2D eigenvalue weighted by Crippen LogP contribution is 2.20. The smallest absolute Gasteiger partial charge is 0.469 e. The summed E-state index contributed by atoms with van der Waals surface area (Å²) < 4.78 is 45.4. The van der Waals surface area contributed by atoms with Crippen LogP contribution in [0.25, 0.3) is 0 Å². The van der Waals surface area contributed by atoms with Crippen LogP contribution in [-0.4, -0.2) is 56.2 Å². The number of amides is 1. The molecule has 9 heteroatoms. The molecule has 0 aromatic heterocycles. The van der Waals surface area contributed by atoms with Crippen LogP contribution in [0.2, 0.25) is 0 Å². The van der Waals surface area contributed by atoms with Crippen molar-refractivity contribution < 1.29 is 37.0 Å². The number of esters is 2. The largest absolute Gasteiger partial charge is 0.471 e. The van der Waals surface area contributed by atoms with Crippen LogP contribution < -0.4 is 0 Å². The average Bonchev–Trinajstić information content (AvgIpc) is 2.35. The van der Waals surface area contributed by atoms with Crippen molar-refractivity contribution in [2.24, 2.45) is 0 Å². The van der Waals surface area contributed by atoms with E-state index >= 15 is 0 Å². The van der Waals surface area contributed by atoms with Gasteiger partial charge >= 0.3 is 24.0 Å². The van der Waals surface area contributed by atoms with Crippen LogP contribution in [0.4, 0.5) is 13.2 Å². The third-order valence-electron chi connectivity index (χ3n) is 2.35. The molecular formula is C10H14F3NO5. The Morgan fingerprint density at radius 3 is 2.05 bits per heavy atom. The third-order valence-corrected chi connectivity index (χ3v) is 2.35. The summed E-state index contributed by atoms with van der Waals surface area (Å²) in [5, 5.41) is 0. The molecule has 1 unspecified atom stereocenters. The Morgan fingerprint density at radius 1 is 1.16 bits per heavy atom. The van der Waals surface area contributed by atoms with Crippen LogP contribution in [0.1, 0.15) is 12.8 Å². The molecule has 0 fully saturated rings. The molecule has 19 heavy (non-hydrogen) atoms. The molecule has 0 aromatic carbocycles. The number of hydrogen-bond acceptors (Lipinski definition) is 5. The van der Waals surface area contributed by atoms with Crippen LogP contribution in [0.3, 0.4) is 0 Å². The minimum atomic E-state index is -5.10. The van der Waals surface area contributed by atoms with E-state index in [2.05, 4.69) is 9.47 Å². The van der Waals surface area contributed by atoms with Crippen molar-refractivity contribution in [2.45, 2.75) is 25.1 Å². The number of hydrogen-bond donors (Lipinski definition) is 0. The fraction of sp³-hybridized carbons (Fsp3) is 0.700. The number of nitrogens with zero attached hydrogens (tertiary/aromatic N) is 1. The van der Waals surface area contributed by atoms with Crippen LogP contribution in [0.5, 0.6) is 0 Å². The number of likely N-dealkylation sites (N-methyl/N-ethyl adjacent to an activating group) is 1. The summed E-state index contributed by atoms with van der Waals surface area (Å²) in [7, 11) is 2.88. The Hall–Kier alpha value is -1.80. The Morgan fingerprint density at radius 2 is 1.68 bits per heavy atom. The number of halogens is 3. The van der Waals surface area contributed by atoms with E-state index in [0.29, 0.717) is 0 Å². The van der Waals surface area contributed by atoms with Gasteiger partial charge in [0.05, 0.1) is 14.2 Å². The van der Waals surface area contributed by atoms with E-state index in [-0.39, 0.29) is 17.7 Å². The molecule has 0 bridgehead atoms. The van der Waals surface area contributed by atoms with Crippen LogP contribution in [0, 0.1) is 0 Å². The van der Waals surface area contributed by atoms with Crippen LogP contribution in [-0.2, 0) is 23.9 Å². The average molecular weight is 285 g/mol. The molecule has 6 nitrogen and oxygen atoms in total. The second-order valence-electron chi connectivity index (χ2n) is 3.57. The highest BCUT2D eigenvalue weighted by Gasteiger charge is 2.44. The number of carbonyl (C=O) groups is 3. The van der Waals surface area contributed by atoms with Gasteiger partial charge in [-0.05, 0) is 6.42 Å². The summed E-state index contributed by atoms with van der Waals surface area (Å²) in [5.41, 5.74) is 0. The standard InChI is InChI=1S/C10H14F3NO5/c1-14(9(17)10(11,12)13)6(8(16)19-3)4-5-7(15)18-2/h6H,4-5H2,1-3H3. The minimum absolute atomic E-state index is 0.203. The van der Waals surface area contributed by atoms with Gasteiger partial charge in [0.15, 0.2) is 0 Å². The molecule has 0 heterocycles. The lowest BCUT2D eigenvalue weighted by Gasteiger charge is -2.26. The lowest BCUT2D eigenvalue weighted by molar-refractivity contribution is -0.188. The molecule has 1 atom stereocenters. The zero-order valence-electron chi connectivity index (χ0n) is 10.6. The summed E-state index contributed by atoms with van der Waals surface area (Å²) in [6, 6.07) is -1.50. The van der Waals surface area contributed by atoms with E-state index in [9.17, 15) is 27.6 Å². The maximum absolute atomic E-state index is 12.3. The van der Waals surface area contributed by atoms with E-state index in [1.807, 2.05) is 0 Å². The van der Waals surface area contributed by atoms with Gasteiger partial charge in [-0.15, -0.1) is 0 Å². The van der Waals surface area contributed by atoms with Crippen molar-refractivity contribution in [1.29, 1.82) is 0 Å². The van der Waals surface area contributed by atoms with Crippen molar-refractivity contribution in [2.75, 3.05) is 21.3 Å². The first-order chi connectivity index (χ1) is 8.65. The summed E-state index contributed by atoms with van der Waals surface area (Å²) in [4.78, 5) is 33.5. The van der Waals surface area contributed by atoms with Crippen molar-refractivity contribution >= 4 is 17.8 Å². The van der Waals surface area contributed by atoms with Crippen molar-refractivity contribution in [1.82, 2.24) is 4.90 Å². The van der Waals surface area contributed by atoms with Gasteiger partial charge in [-0.1, -0.05) is 0 Å². The van der Waals surface area contributed by atoms with Crippen LogP contribution in [0.15, 0.2) is 0 Å². The molecule has 0 aromatic rings. The summed E-state index contributed by atoms with van der Waals surface area (Å²) in [5.74, 6) is -3.93. The minimum Gasteiger partial charge on any atom is -0.469 e. The van der Waals surface area contributed by atoms with Gasteiger partial charge < -0.3 is 14.4 Å². The molecule has 110 valence electrons. The summed E-state index contributed by atoms with van der Waals surface area (Å²) in [6.45, 7) is 0. The maximum Gasteiger partial charge on any atom is 0.471 e. The number of methoxy groups -OCH3 is 2. The summed E-state index contributed by atoms with van der Waals surface area (Å²) in [6.07, 6.45) is -5.74. The van der Waals surface area contributed by atoms with E-state index in [0.717, 1.165) is 21.3 Å². The monoisotopic (exact) mass is 285 g/mol. The molecule has 0 spiro atoms. The maximum atomic E-state index is 12.3. The van der Waals surface area contributed by atoms with Gasteiger partial charge in [-0.2, -0.15) is 13.2 Å². The zero-order valence-corrected chi connectivity index (χ0v) is 10.6. The lowest BCUT2D eigenvalue weighted by Crippen LogP contribution is -2.48. The molecule has 1 amide bonds. The molecule has 0 rings (SSSR count). The van der Waals surface area contributed by atoms with Gasteiger partial charge in [-0.3, -0.25) is 9.59 Å². The molecule has 0 radical (unpaired) electrons. The Kier molecular flexibility index (Phi) is 6.30. The van der Waals surface area contributed by atoms with Gasteiger partial charge in [0.25, 0.3) is 0 Å². The fourth-order valence-electron chi connectivity index (χ4n) is 1.30. The van der Waals surface area contributed by atoms with E-state index in [4.69, 9.17) is 0 Å². The van der Waals surface area contributed by atoms with Crippen molar-refractivity contribution in [3.63, 3.8) is 0 Å². The van der Waals surface area contributed by atoms with E-state index in [1.54, 1.807) is 0 Å². The highest BCUT2D eigenvalue weighted by molar-refractivity contribution is 5.87. The Balaban J connectivity index is 4.90. The predicted octanol–water partition coefficient (Wildman–Crippen LogP) is 0.502. The van der Waals surface area contributed by atoms with E-state index in [1.165, 1.54) is 0 Å². The van der Waals surface area contributed by atoms with Crippen molar-refractivity contribution in [3.8, 4) is 0 Å². The molecule has 0 N–H and O–H groups in total. The normalized spacial score (nSPS) is 12.5. The Labute approximate surface area is 107 Å². The fourth-order valence-corrected chi connectivity index (χ4v) is 1.30. The van der Waals surface area contributed by atoms with Gasteiger partial charge in [0.1, 0.15) is 6.04 Å². The second-order valence-corrected chi connectivity index (χ2v) is 3.57. The lowest BCUT2D eigenvalue weighted by atomic mass is 10.1. The van der Waals surface area contributed by atoms with Gasteiger partial charge in [-0.25, -0.2) is 4.79 Å². The summed E-state index contributed by atoms with van der Waals surface area (Å²) >= 11 is 0. The molecule has 0 aliphatic heterocycles. The molecule has 0 aliphatic carbocycles. The first-order valence-electron chi connectivity index (χ1n) is 5.13. The molecule has 0 aliphatic rings. The third kappa shape index (κ3) is 5.14. The first kappa shape index (κ1) is 17.2. The van der Waals surface area contributed by atoms with Crippen molar-refractivity contribution in [3.05, 3.63) is 0 Å². The topological polar surface area (TPSA) is 72.9 Å². The van der Waals surface area contributed by atoms with E-state index < -0.39 is 30.1 Å². The van der Waals surface area contributed by atoms with Crippen LogP contribution >= 0.6 is 0 Å². The SMILES string of the molecule is COC(=O)CCC(C(=O)OC)N(C)C(=O)C(F)(F)F. The number of ether oxygens (including phenoxy) is 2. The molecular weight excluding hydrogens is 271 g/mol. The predicted molar refractivity (Wildman–Crippen MR) is 55.9 cm³/mol. The quantitative estimate of drug-likeness (QED) is 0.688. The number of alkyl halides is 3. The zero-order chi connectivity index (χ0) is 15.2. The van der Waals surface area contributed by atoms with Gasteiger partial charge in [0.2, 0.25) is 0 Å². The second kappa shape index (κ2) is 6.95. The first-order valence-corrected chi connectivity index (χ1v) is 5.13. The number of rotatable bonds is 5. The number of carbonyl (C=O) groups excluding carboxylic acids is 3. The molecule has 0 saturated heterocycles. The van der Waals surface area contributed by atoms with Gasteiger partial charge in [0, 0.05) is 13.5 Å².